The van der Waals surface area contributed by atoms with E-state index in [0.717, 1.165) is 11.1 Å². The molecule has 0 aromatic heterocycles. The summed E-state index contributed by atoms with van der Waals surface area (Å²) >= 11 is 5.87. The number of hydrogen-bond donors (Lipinski definition) is 2. The first-order chi connectivity index (χ1) is 13.3. The fourth-order valence-corrected chi connectivity index (χ4v) is 3.55. The average molecular weight is 406 g/mol. The lowest BCUT2D eigenvalue weighted by molar-refractivity contribution is -0.122. The molecule has 1 saturated heterocycles. The molecule has 148 valence electrons. The first-order valence-corrected chi connectivity index (χ1v) is 9.52. The van der Waals surface area contributed by atoms with E-state index in [0.29, 0.717) is 31.0 Å². The quantitative estimate of drug-likeness (QED) is 0.789. The first kappa shape index (κ1) is 20.7. The van der Waals surface area contributed by atoms with Gasteiger partial charge >= 0.3 is 0 Å². The Kier molecular flexibility index (Phi) is 6.31. The third-order valence-corrected chi connectivity index (χ3v) is 5.53. The van der Waals surface area contributed by atoms with Gasteiger partial charge in [0, 0.05) is 29.6 Å². The van der Waals surface area contributed by atoms with E-state index in [2.05, 4.69) is 6.07 Å². The van der Waals surface area contributed by atoms with E-state index in [-0.39, 0.29) is 11.5 Å². The Bertz CT molecular complexity index is 828. The molecular formula is C21H22ClF2N3O. The fourth-order valence-electron chi connectivity index (χ4n) is 3.43. The van der Waals surface area contributed by atoms with Crippen LogP contribution in [0.3, 0.4) is 0 Å². The molecule has 28 heavy (non-hydrogen) atoms. The molecule has 3 N–H and O–H groups in total. The summed E-state index contributed by atoms with van der Waals surface area (Å²) in [7, 11) is 0. The van der Waals surface area contributed by atoms with E-state index < -0.39 is 18.2 Å². The summed E-state index contributed by atoms with van der Waals surface area (Å²) in [6.45, 7) is 0.747. The number of alkyl halides is 2. The van der Waals surface area contributed by atoms with Crippen molar-refractivity contribution in [2.45, 2.75) is 31.0 Å². The first-order valence-electron chi connectivity index (χ1n) is 9.14. The molecule has 0 bridgehead atoms. The summed E-state index contributed by atoms with van der Waals surface area (Å²) < 4.78 is 29.8. The van der Waals surface area contributed by atoms with Crippen molar-refractivity contribution in [3.8, 4) is 17.2 Å². The van der Waals surface area contributed by atoms with Crippen LogP contribution in [-0.4, -0.2) is 35.4 Å². The molecule has 1 fully saturated rings. The van der Waals surface area contributed by atoms with Gasteiger partial charge in [0.15, 0.2) is 0 Å². The number of aliphatic hydroxyl groups excluding tert-OH is 1. The average Bonchev–Trinajstić information content (AvgIpc) is 2.73. The van der Waals surface area contributed by atoms with E-state index in [1.54, 1.807) is 24.3 Å². The van der Waals surface area contributed by atoms with Crippen molar-refractivity contribution in [1.29, 1.82) is 5.26 Å². The Morgan fingerprint density at radius 1 is 1.07 bits per heavy atom. The number of rotatable bonds is 5. The molecule has 4 nitrogen and oxygen atoms in total. The van der Waals surface area contributed by atoms with Crippen LogP contribution in [0, 0.1) is 17.2 Å². The maximum atomic E-state index is 14.9. The minimum absolute atomic E-state index is 0.0967. The molecule has 3 rings (SSSR count). The Morgan fingerprint density at radius 2 is 1.57 bits per heavy atom. The van der Waals surface area contributed by atoms with Crippen LogP contribution < -0.4 is 5.73 Å². The summed E-state index contributed by atoms with van der Waals surface area (Å²) in [5.74, 6) is -3.50. The Morgan fingerprint density at radius 3 is 2.07 bits per heavy atom. The van der Waals surface area contributed by atoms with E-state index >= 15 is 0 Å². The number of piperidine rings is 1. The van der Waals surface area contributed by atoms with E-state index in [1.165, 1.54) is 17.0 Å². The largest absolute Gasteiger partial charge is 0.376 e. The predicted molar refractivity (Wildman–Crippen MR) is 105 cm³/mol. The van der Waals surface area contributed by atoms with Gasteiger partial charge in [-0.15, -0.1) is 0 Å². The second-order valence-corrected chi connectivity index (χ2v) is 7.52. The summed E-state index contributed by atoms with van der Waals surface area (Å²) in [5.41, 5.74) is 7.17. The molecule has 1 heterocycles. The van der Waals surface area contributed by atoms with Crippen molar-refractivity contribution in [2.75, 3.05) is 13.1 Å². The molecule has 0 radical (unpaired) electrons. The van der Waals surface area contributed by atoms with Crippen molar-refractivity contribution in [2.24, 2.45) is 11.7 Å². The molecule has 1 aliphatic heterocycles. The predicted octanol–water partition coefficient (Wildman–Crippen LogP) is 3.98. The van der Waals surface area contributed by atoms with E-state index in [4.69, 9.17) is 22.6 Å². The maximum absolute atomic E-state index is 14.9. The zero-order valence-corrected chi connectivity index (χ0v) is 16.0. The van der Waals surface area contributed by atoms with Gasteiger partial charge in [-0.05, 0) is 36.1 Å². The van der Waals surface area contributed by atoms with Crippen LogP contribution in [0.4, 0.5) is 8.78 Å². The topological polar surface area (TPSA) is 73.3 Å². The van der Waals surface area contributed by atoms with Crippen LogP contribution in [0.1, 0.15) is 18.4 Å². The normalized spacial score (nSPS) is 18.4. The van der Waals surface area contributed by atoms with Crippen LogP contribution in [-0.2, 0) is 5.92 Å². The van der Waals surface area contributed by atoms with Crippen molar-refractivity contribution < 1.29 is 13.9 Å². The van der Waals surface area contributed by atoms with Crippen molar-refractivity contribution in [3.63, 3.8) is 0 Å². The summed E-state index contributed by atoms with van der Waals surface area (Å²) in [6, 6.07) is 13.4. The van der Waals surface area contributed by atoms with Crippen LogP contribution >= 0.6 is 11.6 Å². The molecule has 0 spiro atoms. The highest BCUT2D eigenvalue weighted by Gasteiger charge is 2.45. The molecule has 7 heteroatoms. The van der Waals surface area contributed by atoms with E-state index in [9.17, 15) is 13.9 Å². The summed E-state index contributed by atoms with van der Waals surface area (Å²) in [5, 5.41) is 19.9. The van der Waals surface area contributed by atoms with Gasteiger partial charge in [-0.25, -0.2) is 0 Å². The molecule has 1 aliphatic rings. The highest BCUT2D eigenvalue weighted by atomic mass is 35.5. The molecule has 2 aromatic carbocycles. The monoisotopic (exact) mass is 405 g/mol. The highest BCUT2D eigenvalue weighted by Crippen LogP contribution is 2.35. The maximum Gasteiger partial charge on any atom is 0.291 e. The number of nitrogens with zero attached hydrogens (tertiary/aromatic N) is 2. The third-order valence-electron chi connectivity index (χ3n) is 5.27. The second kappa shape index (κ2) is 8.54. The molecule has 2 unspecified atom stereocenters. The van der Waals surface area contributed by atoms with Gasteiger partial charge in [0.25, 0.3) is 5.92 Å². The van der Waals surface area contributed by atoms with Gasteiger partial charge in [-0.3, -0.25) is 4.90 Å². The molecule has 0 amide bonds. The summed E-state index contributed by atoms with van der Waals surface area (Å²) in [6.07, 6.45) is -0.394. The minimum Gasteiger partial charge on any atom is -0.376 e. The SMILES string of the molecule is N#CC1CCN(C(O)C(N)C(F)(F)c2ccc(-c3ccc(Cl)cc3)cc2)CC1. The lowest BCUT2D eigenvalue weighted by Crippen LogP contribution is -2.56. The van der Waals surface area contributed by atoms with Gasteiger partial charge in [-0.1, -0.05) is 48.0 Å². The van der Waals surface area contributed by atoms with Crippen molar-refractivity contribution in [3.05, 3.63) is 59.1 Å². The third kappa shape index (κ3) is 4.34. The van der Waals surface area contributed by atoms with Crippen LogP contribution in [0.2, 0.25) is 5.02 Å². The number of likely N-dealkylation sites (tertiary alicyclic amines) is 1. The van der Waals surface area contributed by atoms with Gasteiger partial charge in [0.05, 0.1) is 6.07 Å². The summed E-state index contributed by atoms with van der Waals surface area (Å²) in [4.78, 5) is 1.52. The fraction of sp³-hybridized carbons (Fsp3) is 0.381. The van der Waals surface area contributed by atoms with Gasteiger partial charge < -0.3 is 10.8 Å². The molecule has 2 atom stereocenters. The zero-order valence-electron chi connectivity index (χ0n) is 15.2. The molecule has 2 aromatic rings. The van der Waals surface area contributed by atoms with Crippen LogP contribution in [0.25, 0.3) is 11.1 Å². The van der Waals surface area contributed by atoms with Crippen LogP contribution in [0.15, 0.2) is 48.5 Å². The van der Waals surface area contributed by atoms with Gasteiger partial charge in [-0.2, -0.15) is 14.0 Å². The number of nitrogens with two attached hydrogens (primary N) is 1. The van der Waals surface area contributed by atoms with Gasteiger partial charge in [0.2, 0.25) is 0 Å². The zero-order chi connectivity index (χ0) is 20.3. The number of aliphatic hydroxyl groups is 1. The highest BCUT2D eigenvalue weighted by molar-refractivity contribution is 6.30. The van der Waals surface area contributed by atoms with E-state index in [1.807, 2.05) is 12.1 Å². The lowest BCUT2D eigenvalue weighted by atomic mass is 9.94. The van der Waals surface area contributed by atoms with Crippen molar-refractivity contribution >= 4 is 11.6 Å². The Labute approximate surface area is 168 Å². The second-order valence-electron chi connectivity index (χ2n) is 7.09. The molecule has 0 aliphatic carbocycles. The Balaban J connectivity index is 1.72. The minimum atomic E-state index is -3.40. The number of halogens is 3. The standard InChI is InChI=1S/C21H22ClF2N3O/c22-18-7-3-16(4-8-18)15-1-5-17(6-2-15)21(23,24)19(26)20(28)27-11-9-14(13-25)10-12-27/h1-8,14,19-20,28H,9-12,26H2. The van der Waals surface area contributed by atoms with Crippen LogP contribution in [0.5, 0.6) is 0 Å². The Hall–Kier alpha value is -2.04. The number of nitriles is 1. The lowest BCUT2D eigenvalue weighted by Gasteiger charge is -2.38. The van der Waals surface area contributed by atoms with Gasteiger partial charge in [0.1, 0.15) is 12.3 Å². The molecular weight excluding hydrogens is 384 g/mol. The van der Waals surface area contributed by atoms with Crippen molar-refractivity contribution in [1.82, 2.24) is 4.90 Å². The molecule has 0 saturated carbocycles. The number of hydrogen-bond acceptors (Lipinski definition) is 4. The smallest absolute Gasteiger partial charge is 0.291 e. The number of benzene rings is 2.